The predicted octanol–water partition coefficient (Wildman–Crippen LogP) is 1.96. The smallest absolute Gasteiger partial charge is 0.228 e. The molecule has 4 unspecified atom stereocenters. The lowest BCUT2D eigenvalue weighted by Crippen LogP contribution is -2.49. The third kappa shape index (κ3) is 2.70. The Kier molecular flexibility index (Phi) is 4.40. The first-order valence-corrected chi connectivity index (χ1v) is 7.91. The molecule has 0 saturated carbocycles. The average molecular weight is 298 g/mol. The van der Waals surface area contributed by atoms with Crippen LogP contribution in [-0.4, -0.2) is 41.1 Å². The molecule has 2 fully saturated rings. The summed E-state index contributed by atoms with van der Waals surface area (Å²) in [5, 5.41) is 0. The van der Waals surface area contributed by atoms with E-state index in [9.17, 15) is 4.79 Å². The molecule has 0 aromatic rings. The molecule has 20 heavy (non-hydrogen) atoms. The summed E-state index contributed by atoms with van der Waals surface area (Å²) in [6, 6.07) is 0. The van der Waals surface area contributed by atoms with Crippen LogP contribution in [0.25, 0.3) is 0 Å². The highest BCUT2D eigenvalue weighted by Gasteiger charge is 2.44. The summed E-state index contributed by atoms with van der Waals surface area (Å²) in [6.07, 6.45) is 1.89. The van der Waals surface area contributed by atoms with E-state index in [2.05, 4.69) is 20.8 Å². The van der Waals surface area contributed by atoms with Crippen LogP contribution in [0, 0.1) is 17.3 Å². The lowest BCUT2D eigenvalue weighted by Gasteiger charge is -2.40. The van der Waals surface area contributed by atoms with Gasteiger partial charge in [0.1, 0.15) is 0 Å². The first-order valence-electron chi connectivity index (χ1n) is 7.50. The molecule has 0 bridgehead atoms. The van der Waals surface area contributed by atoms with Crippen molar-refractivity contribution in [3.63, 3.8) is 0 Å². The fourth-order valence-corrected chi connectivity index (χ4v) is 3.57. The third-order valence-electron chi connectivity index (χ3n) is 5.30. The topological polar surface area (TPSA) is 55.6 Å². The maximum atomic E-state index is 12.7. The summed E-state index contributed by atoms with van der Waals surface area (Å²) < 4.78 is 5.79. The lowest BCUT2D eigenvalue weighted by molar-refractivity contribution is -0.139. The second kappa shape index (κ2) is 5.60. The number of likely N-dealkylation sites (tertiary alicyclic amines) is 1. The minimum Gasteiger partial charge on any atom is -0.393 e. The van der Waals surface area contributed by atoms with E-state index in [1.165, 1.54) is 0 Å². The third-order valence-corrected chi connectivity index (χ3v) is 5.79. The predicted molar refractivity (Wildman–Crippen MR) is 83.4 cm³/mol. The Morgan fingerprint density at radius 2 is 1.80 bits per heavy atom. The molecule has 0 spiro atoms. The number of rotatable bonds is 2. The van der Waals surface area contributed by atoms with Gasteiger partial charge in [-0.25, -0.2) is 0 Å². The van der Waals surface area contributed by atoms with Gasteiger partial charge in [0.05, 0.1) is 23.1 Å². The van der Waals surface area contributed by atoms with Crippen LogP contribution in [0.1, 0.15) is 40.5 Å². The number of hydrogen-bond acceptors (Lipinski definition) is 3. The van der Waals surface area contributed by atoms with Gasteiger partial charge in [-0.15, -0.1) is 0 Å². The summed E-state index contributed by atoms with van der Waals surface area (Å²) in [5.41, 5.74) is 5.72. The average Bonchev–Trinajstić information content (AvgIpc) is 2.63. The van der Waals surface area contributed by atoms with E-state index in [-0.39, 0.29) is 35.4 Å². The second-order valence-corrected chi connectivity index (χ2v) is 7.12. The van der Waals surface area contributed by atoms with Gasteiger partial charge in [0.15, 0.2) is 0 Å². The van der Waals surface area contributed by atoms with Gasteiger partial charge in [0, 0.05) is 18.5 Å². The Balaban J connectivity index is 2.00. The molecule has 2 N–H and O–H groups in total. The van der Waals surface area contributed by atoms with Crippen LogP contribution < -0.4 is 5.73 Å². The molecule has 4 nitrogen and oxygen atoms in total. The van der Waals surface area contributed by atoms with Crippen molar-refractivity contribution in [2.24, 2.45) is 23.0 Å². The SMILES string of the molecule is CC1OC(C)C(C(=O)N2CCC(C)(C(N)=S)CC2)C1C. The van der Waals surface area contributed by atoms with Crippen molar-refractivity contribution in [2.75, 3.05) is 13.1 Å². The molecule has 2 rings (SSSR count). The first kappa shape index (κ1) is 15.7. The summed E-state index contributed by atoms with van der Waals surface area (Å²) in [5.74, 6) is 0.500. The number of amides is 1. The Hall–Kier alpha value is -0.680. The zero-order valence-electron chi connectivity index (χ0n) is 12.9. The fourth-order valence-electron chi connectivity index (χ4n) is 3.37. The summed E-state index contributed by atoms with van der Waals surface area (Å²) in [6.45, 7) is 9.76. The molecule has 5 heteroatoms. The zero-order chi connectivity index (χ0) is 15.1. The molecule has 2 aliphatic rings. The van der Waals surface area contributed by atoms with Crippen molar-refractivity contribution < 1.29 is 9.53 Å². The maximum Gasteiger partial charge on any atom is 0.228 e. The molecule has 0 aromatic heterocycles. The molecule has 2 heterocycles. The van der Waals surface area contributed by atoms with Crippen LogP contribution in [0.2, 0.25) is 0 Å². The zero-order valence-corrected chi connectivity index (χ0v) is 13.7. The van der Waals surface area contributed by atoms with E-state index in [1.807, 2.05) is 11.8 Å². The quantitative estimate of drug-likeness (QED) is 0.792. The van der Waals surface area contributed by atoms with Crippen LogP contribution in [0.4, 0.5) is 0 Å². The van der Waals surface area contributed by atoms with E-state index in [1.54, 1.807) is 0 Å². The highest BCUT2D eigenvalue weighted by atomic mass is 32.1. The largest absolute Gasteiger partial charge is 0.393 e. The number of nitrogens with zero attached hydrogens (tertiary/aromatic N) is 1. The van der Waals surface area contributed by atoms with Gasteiger partial charge in [-0.2, -0.15) is 0 Å². The van der Waals surface area contributed by atoms with Crippen LogP contribution in [0.15, 0.2) is 0 Å². The van der Waals surface area contributed by atoms with Crippen molar-refractivity contribution in [3.05, 3.63) is 0 Å². The Morgan fingerprint density at radius 3 is 2.20 bits per heavy atom. The van der Waals surface area contributed by atoms with Crippen LogP contribution >= 0.6 is 12.2 Å². The van der Waals surface area contributed by atoms with Gasteiger partial charge in [0.2, 0.25) is 5.91 Å². The first-order chi connectivity index (χ1) is 9.26. The molecule has 1 amide bonds. The molecule has 0 aromatic carbocycles. The van der Waals surface area contributed by atoms with E-state index >= 15 is 0 Å². The molecule has 2 saturated heterocycles. The summed E-state index contributed by atoms with van der Waals surface area (Å²) in [4.78, 5) is 15.3. The van der Waals surface area contributed by atoms with Crippen molar-refractivity contribution in [3.8, 4) is 0 Å². The van der Waals surface area contributed by atoms with Crippen molar-refractivity contribution in [2.45, 2.75) is 52.7 Å². The van der Waals surface area contributed by atoms with Crippen molar-refractivity contribution in [1.29, 1.82) is 0 Å². The highest BCUT2D eigenvalue weighted by molar-refractivity contribution is 7.80. The Morgan fingerprint density at radius 1 is 1.25 bits per heavy atom. The lowest BCUT2D eigenvalue weighted by atomic mass is 9.79. The number of nitrogens with two attached hydrogens (primary N) is 1. The summed E-state index contributed by atoms with van der Waals surface area (Å²) >= 11 is 5.15. The van der Waals surface area contributed by atoms with Crippen molar-refractivity contribution in [1.82, 2.24) is 4.90 Å². The molecular weight excluding hydrogens is 272 g/mol. The standard InChI is InChI=1S/C15H26N2O2S/c1-9-10(2)19-11(3)12(9)13(18)17-7-5-15(4,6-8-17)14(16)20/h9-12H,5-8H2,1-4H3,(H2,16,20). The monoisotopic (exact) mass is 298 g/mol. The van der Waals surface area contributed by atoms with E-state index in [0.29, 0.717) is 4.99 Å². The number of carbonyl (C=O) groups excluding carboxylic acids is 1. The molecule has 0 radical (unpaired) electrons. The van der Waals surface area contributed by atoms with Crippen molar-refractivity contribution >= 4 is 23.1 Å². The van der Waals surface area contributed by atoms with Gasteiger partial charge in [0.25, 0.3) is 0 Å². The van der Waals surface area contributed by atoms with Gasteiger partial charge < -0.3 is 15.4 Å². The molecular formula is C15H26N2O2S. The van der Waals surface area contributed by atoms with Gasteiger partial charge in [-0.1, -0.05) is 26.1 Å². The van der Waals surface area contributed by atoms with E-state index in [0.717, 1.165) is 25.9 Å². The van der Waals surface area contributed by atoms with Crippen LogP contribution in [-0.2, 0) is 9.53 Å². The molecule has 2 aliphatic heterocycles. The second-order valence-electron chi connectivity index (χ2n) is 6.68. The van der Waals surface area contributed by atoms with Crippen LogP contribution in [0.5, 0.6) is 0 Å². The maximum absolute atomic E-state index is 12.7. The number of thiocarbonyl (C=S) groups is 1. The highest BCUT2D eigenvalue weighted by Crippen LogP contribution is 2.36. The fraction of sp³-hybridized carbons (Fsp3) is 0.867. The minimum absolute atomic E-state index is 0.0106. The van der Waals surface area contributed by atoms with Gasteiger partial charge in [-0.3, -0.25) is 4.79 Å². The normalized spacial score (nSPS) is 36.9. The van der Waals surface area contributed by atoms with Crippen LogP contribution in [0.3, 0.4) is 0 Å². The van der Waals surface area contributed by atoms with E-state index < -0.39 is 0 Å². The number of ether oxygens (including phenoxy) is 1. The molecule has 0 aliphatic carbocycles. The Labute approximate surface area is 127 Å². The number of carbonyl (C=O) groups is 1. The Bertz CT molecular complexity index is 405. The molecule has 4 atom stereocenters. The van der Waals surface area contributed by atoms with Gasteiger partial charge >= 0.3 is 0 Å². The number of piperidine rings is 1. The molecule has 114 valence electrons. The minimum atomic E-state index is -0.0944. The van der Waals surface area contributed by atoms with Gasteiger partial charge in [-0.05, 0) is 32.6 Å². The summed E-state index contributed by atoms with van der Waals surface area (Å²) in [7, 11) is 0. The number of hydrogen-bond donors (Lipinski definition) is 1. The van der Waals surface area contributed by atoms with E-state index in [4.69, 9.17) is 22.7 Å².